The fourth-order valence-electron chi connectivity index (χ4n) is 1.05. The molecule has 1 saturated carbocycles. The van der Waals surface area contributed by atoms with Crippen molar-refractivity contribution < 1.29 is 9.83 Å². The third-order valence-electron chi connectivity index (χ3n) is 1.57. The molecule has 0 heterocycles. The zero-order valence-corrected chi connectivity index (χ0v) is 4.96. The molecule has 0 N–H and O–H groups in total. The van der Waals surface area contributed by atoms with E-state index < -0.39 is 0 Å². The summed E-state index contributed by atoms with van der Waals surface area (Å²) < 4.78 is 3.76. The van der Waals surface area contributed by atoms with Crippen molar-refractivity contribution in [2.75, 3.05) is 0 Å². The molecule has 3 nitrogen and oxygen atoms in total. The summed E-state index contributed by atoms with van der Waals surface area (Å²) in [4.78, 5) is 0. The molecule has 0 aromatic heterocycles. The molecule has 0 aromatic carbocycles. The maximum atomic E-state index is 9.81. The number of ketones is 1. The average molecular weight is 125 g/mol. The SMILES string of the molecule is N#CC1CCCC1=[O+][O-]. The number of rotatable bonds is 0. The van der Waals surface area contributed by atoms with E-state index in [1.807, 2.05) is 6.07 Å². The van der Waals surface area contributed by atoms with Gasteiger partial charge in [-0.05, 0) is 12.8 Å². The maximum Gasteiger partial charge on any atom is 0.346 e. The molecule has 0 spiro atoms. The predicted molar refractivity (Wildman–Crippen MR) is 28.0 cm³/mol. The van der Waals surface area contributed by atoms with E-state index in [4.69, 9.17) is 5.26 Å². The van der Waals surface area contributed by atoms with Crippen LogP contribution in [0.1, 0.15) is 19.3 Å². The van der Waals surface area contributed by atoms with Crippen LogP contribution in [-0.4, -0.2) is 5.78 Å². The smallest absolute Gasteiger partial charge is 0.346 e. The van der Waals surface area contributed by atoms with Gasteiger partial charge in [0.05, 0.1) is 12.5 Å². The van der Waals surface area contributed by atoms with Gasteiger partial charge in [0.2, 0.25) is 0 Å². The normalized spacial score (nSPS) is 30.6. The van der Waals surface area contributed by atoms with Crippen LogP contribution in [0.5, 0.6) is 0 Å². The van der Waals surface area contributed by atoms with Crippen LogP contribution in [-0.2, 0) is 4.58 Å². The lowest BCUT2D eigenvalue weighted by atomic mass is 10.1. The average Bonchev–Trinajstić information content (AvgIpc) is 2.33. The Balaban J connectivity index is 2.65. The van der Waals surface area contributed by atoms with E-state index in [1.165, 1.54) is 0 Å². The van der Waals surface area contributed by atoms with Crippen molar-refractivity contribution in [3.63, 3.8) is 0 Å². The lowest BCUT2D eigenvalue weighted by Gasteiger charge is -1.85. The first-order valence-corrected chi connectivity index (χ1v) is 2.93. The molecule has 0 radical (unpaired) electrons. The van der Waals surface area contributed by atoms with Crippen molar-refractivity contribution >= 4 is 5.78 Å². The molecule has 1 fully saturated rings. The van der Waals surface area contributed by atoms with E-state index in [9.17, 15) is 5.26 Å². The molecule has 1 rings (SSSR count). The minimum atomic E-state index is -0.234. The van der Waals surface area contributed by atoms with Crippen LogP contribution in [0, 0.1) is 17.2 Å². The Morgan fingerprint density at radius 1 is 1.78 bits per heavy atom. The summed E-state index contributed by atoms with van der Waals surface area (Å²) in [5.41, 5.74) is 0. The summed E-state index contributed by atoms with van der Waals surface area (Å²) in [7, 11) is 0. The Morgan fingerprint density at radius 3 is 3.00 bits per heavy atom. The Bertz CT molecular complexity index is 168. The first-order chi connectivity index (χ1) is 4.38. The molecule has 0 saturated heterocycles. The van der Waals surface area contributed by atoms with Crippen LogP contribution in [0.25, 0.3) is 0 Å². The van der Waals surface area contributed by atoms with E-state index in [2.05, 4.69) is 4.58 Å². The van der Waals surface area contributed by atoms with Crippen molar-refractivity contribution in [2.45, 2.75) is 19.3 Å². The van der Waals surface area contributed by atoms with Crippen molar-refractivity contribution in [1.82, 2.24) is 0 Å². The largest absolute Gasteiger partial charge is 0.463 e. The molecule has 1 aliphatic rings. The van der Waals surface area contributed by atoms with Gasteiger partial charge in [0.25, 0.3) is 0 Å². The quantitative estimate of drug-likeness (QED) is 0.253. The highest BCUT2D eigenvalue weighted by Gasteiger charge is 2.31. The van der Waals surface area contributed by atoms with Gasteiger partial charge in [0, 0.05) is 0 Å². The van der Waals surface area contributed by atoms with E-state index in [-0.39, 0.29) is 5.92 Å². The summed E-state index contributed by atoms with van der Waals surface area (Å²) in [6, 6.07) is 2.00. The molecular weight excluding hydrogens is 118 g/mol. The molecule has 3 heteroatoms. The van der Waals surface area contributed by atoms with Gasteiger partial charge >= 0.3 is 5.78 Å². The number of hydrogen-bond donors (Lipinski definition) is 0. The second-order valence-electron chi connectivity index (χ2n) is 2.12. The molecule has 1 aliphatic carbocycles. The first-order valence-electron chi connectivity index (χ1n) is 2.93. The molecule has 9 heavy (non-hydrogen) atoms. The van der Waals surface area contributed by atoms with Crippen LogP contribution in [0.15, 0.2) is 0 Å². The van der Waals surface area contributed by atoms with E-state index >= 15 is 0 Å². The van der Waals surface area contributed by atoms with Gasteiger partial charge in [0.15, 0.2) is 5.92 Å². The fourth-order valence-corrected chi connectivity index (χ4v) is 1.05. The van der Waals surface area contributed by atoms with Gasteiger partial charge in [-0.2, -0.15) is 9.84 Å². The van der Waals surface area contributed by atoms with Gasteiger partial charge in [-0.15, -0.1) is 0 Å². The molecule has 1 unspecified atom stereocenters. The van der Waals surface area contributed by atoms with Crippen LogP contribution in [0.3, 0.4) is 0 Å². The van der Waals surface area contributed by atoms with Gasteiger partial charge < -0.3 is 5.26 Å². The standard InChI is InChI=1S/C6H7NO2/c7-4-5-2-1-3-6(5)9-8/h5H,1-3H2. The second-order valence-corrected chi connectivity index (χ2v) is 2.12. The third kappa shape index (κ3) is 1.02. The van der Waals surface area contributed by atoms with Gasteiger partial charge in [-0.25, -0.2) is 0 Å². The highest BCUT2D eigenvalue weighted by atomic mass is 17.1. The summed E-state index contributed by atoms with van der Waals surface area (Å²) in [5.74, 6) is 0.181. The Labute approximate surface area is 53.2 Å². The molecule has 48 valence electrons. The summed E-state index contributed by atoms with van der Waals surface area (Å²) in [5, 5.41) is 18.2. The Morgan fingerprint density at radius 2 is 2.56 bits per heavy atom. The lowest BCUT2D eigenvalue weighted by molar-refractivity contribution is -1.05. The zero-order valence-electron chi connectivity index (χ0n) is 4.96. The van der Waals surface area contributed by atoms with Gasteiger partial charge in [-0.3, -0.25) is 0 Å². The van der Waals surface area contributed by atoms with Crippen LogP contribution in [0.4, 0.5) is 0 Å². The van der Waals surface area contributed by atoms with E-state index in [0.29, 0.717) is 12.2 Å². The Kier molecular flexibility index (Phi) is 1.69. The van der Waals surface area contributed by atoms with Crippen LogP contribution >= 0.6 is 0 Å². The summed E-state index contributed by atoms with van der Waals surface area (Å²) in [6.45, 7) is 0. The number of nitrogens with zero attached hydrogens (tertiary/aromatic N) is 1. The van der Waals surface area contributed by atoms with Crippen molar-refractivity contribution in [1.29, 1.82) is 5.26 Å². The number of carbonyl (C=O) groups excluding carboxylic acids is 1. The number of hydrogen-bond acceptors (Lipinski definition) is 2. The van der Waals surface area contributed by atoms with Crippen LogP contribution in [0.2, 0.25) is 0 Å². The van der Waals surface area contributed by atoms with Crippen molar-refractivity contribution in [2.24, 2.45) is 5.92 Å². The summed E-state index contributed by atoms with van der Waals surface area (Å²) >= 11 is 0. The Hall–Kier alpha value is -1.04. The van der Waals surface area contributed by atoms with Crippen molar-refractivity contribution in [3.05, 3.63) is 0 Å². The molecular formula is C6H7NO2. The highest BCUT2D eigenvalue weighted by Crippen LogP contribution is 2.19. The second kappa shape index (κ2) is 2.49. The topological polar surface area (TPSA) is 58.2 Å². The molecule has 0 bridgehead atoms. The summed E-state index contributed by atoms with van der Waals surface area (Å²) in [6.07, 6.45) is 2.37. The molecule has 0 aliphatic heterocycles. The minimum absolute atomic E-state index is 0.234. The van der Waals surface area contributed by atoms with E-state index in [0.717, 1.165) is 12.8 Å². The minimum Gasteiger partial charge on any atom is -0.463 e. The monoisotopic (exact) mass is 125 g/mol. The van der Waals surface area contributed by atoms with E-state index in [1.54, 1.807) is 0 Å². The first kappa shape index (κ1) is 6.09. The third-order valence-corrected chi connectivity index (χ3v) is 1.57. The molecule has 1 atom stereocenters. The predicted octanol–water partition coefficient (Wildman–Crippen LogP) is -0.310. The van der Waals surface area contributed by atoms with Crippen LogP contribution < -0.4 is 5.26 Å². The zero-order chi connectivity index (χ0) is 6.69. The maximum absolute atomic E-state index is 9.81. The van der Waals surface area contributed by atoms with Gasteiger partial charge in [-0.1, -0.05) is 0 Å². The number of nitriles is 1. The van der Waals surface area contributed by atoms with Gasteiger partial charge in [0.1, 0.15) is 0 Å². The molecule has 0 amide bonds. The lowest BCUT2D eigenvalue weighted by Crippen LogP contribution is -2.12. The fraction of sp³-hybridized carbons (Fsp3) is 0.667. The van der Waals surface area contributed by atoms with Crippen molar-refractivity contribution in [3.8, 4) is 6.07 Å². The molecule has 0 aromatic rings. The highest BCUT2D eigenvalue weighted by molar-refractivity contribution is 5.85.